The molecule has 1 atom stereocenters. The minimum absolute atomic E-state index is 0.357. The molecule has 2 heterocycles. The van der Waals surface area contributed by atoms with E-state index in [1.165, 1.54) is 0 Å². The molecule has 86 valence electrons. The largest absolute Gasteiger partial charge is 0.364 e. The van der Waals surface area contributed by atoms with E-state index in [-0.39, 0.29) is 0 Å². The second-order valence-electron chi connectivity index (χ2n) is 4.39. The number of nitrogens with zero attached hydrogens (tertiary/aromatic N) is 4. The molecule has 0 aliphatic rings. The van der Waals surface area contributed by atoms with Crippen molar-refractivity contribution in [3.8, 4) is 0 Å². The van der Waals surface area contributed by atoms with E-state index in [2.05, 4.69) is 41.3 Å². The molecule has 2 rings (SSSR count). The molecule has 2 aromatic heterocycles. The Kier molecular flexibility index (Phi) is 2.77. The molecule has 1 unspecified atom stereocenters. The van der Waals surface area contributed by atoms with E-state index in [0.717, 1.165) is 17.3 Å². The second kappa shape index (κ2) is 4.08. The number of nitrogens with one attached hydrogen (secondary N) is 1. The summed E-state index contributed by atoms with van der Waals surface area (Å²) in [6.07, 6.45) is 3.63. The lowest BCUT2D eigenvalue weighted by molar-refractivity contribution is 0.558. The van der Waals surface area contributed by atoms with Crippen molar-refractivity contribution in [3.05, 3.63) is 18.2 Å². The van der Waals surface area contributed by atoms with Gasteiger partial charge in [-0.05, 0) is 19.8 Å². The number of hydrogen-bond acceptors (Lipinski definition) is 4. The topological polar surface area (TPSA) is 55.1 Å². The molecule has 0 saturated heterocycles. The van der Waals surface area contributed by atoms with Gasteiger partial charge in [-0.2, -0.15) is 0 Å². The van der Waals surface area contributed by atoms with Crippen molar-refractivity contribution in [2.75, 3.05) is 5.32 Å². The Hall–Kier alpha value is -1.65. The summed E-state index contributed by atoms with van der Waals surface area (Å²) in [5, 5.41) is 11.5. The molecule has 0 aromatic carbocycles. The molecule has 0 bridgehead atoms. The first kappa shape index (κ1) is 10.9. The summed E-state index contributed by atoms with van der Waals surface area (Å²) in [4.78, 5) is 4.31. The summed E-state index contributed by atoms with van der Waals surface area (Å²) in [7, 11) is 0. The highest BCUT2D eigenvalue weighted by Gasteiger charge is 2.12. The highest BCUT2D eigenvalue weighted by atomic mass is 15.3. The summed E-state index contributed by atoms with van der Waals surface area (Å²) < 4.78 is 1.93. The van der Waals surface area contributed by atoms with E-state index in [0.29, 0.717) is 12.0 Å². The summed E-state index contributed by atoms with van der Waals surface area (Å²) in [6.45, 7) is 8.41. The van der Waals surface area contributed by atoms with Crippen molar-refractivity contribution in [2.24, 2.45) is 5.92 Å². The van der Waals surface area contributed by atoms with Crippen molar-refractivity contribution in [1.29, 1.82) is 0 Å². The first-order chi connectivity index (χ1) is 7.59. The molecule has 16 heavy (non-hydrogen) atoms. The number of rotatable bonds is 3. The minimum Gasteiger partial charge on any atom is -0.364 e. The van der Waals surface area contributed by atoms with Gasteiger partial charge in [0.2, 0.25) is 5.65 Å². The molecule has 5 nitrogen and oxygen atoms in total. The van der Waals surface area contributed by atoms with Gasteiger partial charge in [0.25, 0.3) is 0 Å². The fraction of sp³-hybridized carbons (Fsp3) is 0.545. The van der Waals surface area contributed by atoms with Gasteiger partial charge in [0.1, 0.15) is 5.82 Å². The van der Waals surface area contributed by atoms with Crippen LogP contribution < -0.4 is 5.32 Å². The summed E-state index contributed by atoms with van der Waals surface area (Å²) in [6, 6.07) is 0.357. The van der Waals surface area contributed by atoms with Crippen LogP contribution in [0.5, 0.6) is 0 Å². The average molecular weight is 219 g/mol. The first-order valence-electron chi connectivity index (χ1n) is 5.52. The lowest BCUT2D eigenvalue weighted by atomic mass is 10.1. The van der Waals surface area contributed by atoms with E-state index in [1.807, 2.05) is 17.5 Å². The van der Waals surface area contributed by atoms with Crippen LogP contribution in [0.2, 0.25) is 0 Å². The van der Waals surface area contributed by atoms with Crippen LogP contribution in [0.15, 0.2) is 12.4 Å². The zero-order valence-electron chi connectivity index (χ0n) is 10.1. The van der Waals surface area contributed by atoms with Crippen LogP contribution in [-0.2, 0) is 0 Å². The van der Waals surface area contributed by atoms with Gasteiger partial charge < -0.3 is 5.32 Å². The molecule has 5 heteroatoms. The van der Waals surface area contributed by atoms with Crippen LogP contribution in [0.4, 0.5) is 5.82 Å². The molecule has 0 aliphatic carbocycles. The highest BCUT2D eigenvalue weighted by molar-refractivity contribution is 5.62. The lowest BCUT2D eigenvalue weighted by Gasteiger charge is -2.17. The number of anilines is 1. The van der Waals surface area contributed by atoms with E-state index in [4.69, 9.17) is 0 Å². The number of aryl methyl sites for hydroxylation is 1. The zero-order valence-corrected chi connectivity index (χ0v) is 10.1. The van der Waals surface area contributed by atoms with Crippen LogP contribution in [0.25, 0.3) is 5.65 Å². The van der Waals surface area contributed by atoms with Crippen LogP contribution >= 0.6 is 0 Å². The summed E-state index contributed by atoms with van der Waals surface area (Å²) in [5.41, 5.74) is 0.785. The Balaban J connectivity index is 2.37. The third-order valence-electron chi connectivity index (χ3n) is 2.86. The van der Waals surface area contributed by atoms with Gasteiger partial charge >= 0.3 is 0 Å². The molecule has 2 aromatic rings. The molecule has 0 amide bonds. The number of hydrogen-bond donors (Lipinski definition) is 1. The highest BCUT2D eigenvalue weighted by Crippen LogP contribution is 2.15. The van der Waals surface area contributed by atoms with Crippen molar-refractivity contribution < 1.29 is 0 Å². The minimum atomic E-state index is 0.357. The van der Waals surface area contributed by atoms with Crippen molar-refractivity contribution in [3.63, 3.8) is 0 Å². The van der Waals surface area contributed by atoms with Gasteiger partial charge in [0.15, 0.2) is 5.82 Å². The molecule has 0 aliphatic heterocycles. The van der Waals surface area contributed by atoms with Crippen LogP contribution in [-0.4, -0.2) is 25.6 Å². The first-order valence-corrected chi connectivity index (χ1v) is 5.52. The Bertz CT molecular complexity index is 488. The lowest BCUT2D eigenvalue weighted by Crippen LogP contribution is -2.22. The van der Waals surface area contributed by atoms with Crippen molar-refractivity contribution in [2.45, 2.75) is 33.7 Å². The summed E-state index contributed by atoms with van der Waals surface area (Å²) >= 11 is 0. The van der Waals surface area contributed by atoms with E-state index >= 15 is 0 Å². The van der Waals surface area contributed by atoms with E-state index in [1.54, 1.807) is 6.20 Å². The van der Waals surface area contributed by atoms with E-state index in [9.17, 15) is 0 Å². The maximum Gasteiger partial charge on any atom is 0.203 e. The Morgan fingerprint density at radius 1 is 1.25 bits per heavy atom. The van der Waals surface area contributed by atoms with Crippen LogP contribution in [0.1, 0.15) is 26.6 Å². The third-order valence-corrected chi connectivity index (χ3v) is 2.86. The average Bonchev–Trinajstić information content (AvgIpc) is 2.62. The Morgan fingerprint density at radius 2 is 2.00 bits per heavy atom. The van der Waals surface area contributed by atoms with Gasteiger partial charge in [0, 0.05) is 18.4 Å². The van der Waals surface area contributed by atoms with Gasteiger partial charge in [-0.15, -0.1) is 10.2 Å². The monoisotopic (exact) mass is 219 g/mol. The predicted octanol–water partition coefficient (Wildman–Crippen LogP) is 1.89. The number of aromatic nitrogens is 4. The summed E-state index contributed by atoms with van der Waals surface area (Å²) in [5.74, 6) is 2.22. The van der Waals surface area contributed by atoms with E-state index < -0.39 is 0 Å². The van der Waals surface area contributed by atoms with Crippen LogP contribution in [0.3, 0.4) is 0 Å². The molecule has 0 saturated carbocycles. The molecule has 1 N–H and O–H groups in total. The number of fused-ring (bicyclic) bond motifs is 1. The van der Waals surface area contributed by atoms with Gasteiger partial charge in [0.05, 0.1) is 0 Å². The second-order valence-corrected chi connectivity index (χ2v) is 4.39. The van der Waals surface area contributed by atoms with Gasteiger partial charge in [-0.3, -0.25) is 4.40 Å². The molecule has 0 radical (unpaired) electrons. The predicted molar refractivity (Wildman–Crippen MR) is 63.4 cm³/mol. The van der Waals surface area contributed by atoms with Gasteiger partial charge in [-0.1, -0.05) is 13.8 Å². The van der Waals surface area contributed by atoms with Gasteiger partial charge in [-0.25, -0.2) is 4.98 Å². The normalized spacial score (nSPS) is 13.3. The molecular weight excluding hydrogens is 202 g/mol. The zero-order chi connectivity index (χ0) is 11.7. The Labute approximate surface area is 94.9 Å². The Morgan fingerprint density at radius 3 is 2.69 bits per heavy atom. The maximum atomic E-state index is 4.31. The molecular formula is C11H17N5. The third kappa shape index (κ3) is 1.85. The molecule has 0 spiro atoms. The standard InChI is InChI=1S/C11H17N5/c1-7(2)8(3)13-10-11-15-14-9(4)16(11)6-5-12-10/h5-8H,1-4H3,(H,12,13). The molecule has 0 fully saturated rings. The fourth-order valence-electron chi connectivity index (χ4n) is 1.43. The smallest absolute Gasteiger partial charge is 0.203 e. The van der Waals surface area contributed by atoms with Crippen LogP contribution in [0, 0.1) is 12.8 Å². The quantitative estimate of drug-likeness (QED) is 0.856. The van der Waals surface area contributed by atoms with Crippen molar-refractivity contribution in [1.82, 2.24) is 19.6 Å². The SMILES string of the molecule is Cc1nnc2c(NC(C)C(C)C)nccn12. The van der Waals surface area contributed by atoms with Crippen molar-refractivity contribution >= 4 is 11.5 Å². The fourth-order valence-corrected chi connectivity index (χ4v) is 1.43. The maximum absolute atomic E-state index is 4.31.